The van der Waals surface area contributed by atoms with Crippen LogP contribution in [0.5, 0.6) is 17.4 Å². The van der Waals surface area contributed by atoms with Crippen LogP contribution in [0.2, 0.25) is 0 Å². The highest BCUT2D eigenvalue weighted by atomic mass is 32.2. The predicted molar refractivity (Wildman–Crippen MR) is 113 cm³/mol. The van der Waals surface area contributed by atoms with Crippen molar-refractivity contribution in [3.05, 3.63) is 76.7 Å². The standard InChI is InChI=1S/C20H18N4O5S/c1-28-18-6-5-14(9-17(18)24(26)27)12-30-13-19(25)23-15-3-2-4-16(10-15)29-20-11-21-7-8-22-20/h2-11H,12-13H2,1H3,(H,23,25). The quantitative estimate of drug-likeness (QED) is 0.402. The number of benzene rings is 2. The van der Waals surface area contributed by atoms with Gasteiger partial charge in [0.1, 0.15) is 5.75 Å². The molecule has 0 aliphatic heterocycles. The Morgan fingerprint density at radius 2 is 2.10 bits per heavy atom. The molecule has 30 heavy (non-hydrogen) atoms. The van der Waals surface area contributed by atoms with Crippen molar-refractivity contribution in [2.24, 2.45) is 0 Å². The summed E-state index contributed by atoms with van der Waals surface area (Å²) >= 11 is 1.35. The van der Waals surface area contributed by atoms with Crippen LogP contribution in [0.3, 0.4) is 0 Å². The van der Waals surface area contributed by atoms with Crippen LogP contribution < -0.4 is 14.8 Å². The van der Waals surface area contributed by atoms with Crippen molar-refractivity contribution < 1.29 is 19.2 Å². The molecule has 0 spiro atoms. The molecule has 0 saturated carbocycles. The number of nitro groups is 1. The lowest BCUT2D eigenvalue weighted by molar-refractivity contribution is -0.385. The number of nitrogens with zero attached hydrogens (tertiary/aromatic N) is 3. The van der Waals surface area contributed by atoms with Crippen molar-refractivity contribution in [1.82, 2.24) is 9.97 Å². The average Bonchev–Trinajstić information content (AvgIpc) is 2.74. The smallest absolute Gasteiger partial charge is 0.311 e. The van der Waals surface area contributed by atoms with Crippen molar-refractivity contribution in [2.75, 3.05) is 18.2 Å². The van der Waals surface area contributed by atoms with E-state index in [0.29, 0.717) is 23.1 Å². The van der Waals surface area contributed by atoms with Gasteiger partial charge in [0.15, 0.2) is 5.75 Å². The molecule has 9 nitrogen and oxygen atoms in total. The summed E-state index contributed by atoms with van der Waals surface area (Å²) in [6, 6.07) is 11.7. The monoisotopic (exact) mass is 426 g/mol. The fourth-order valence-electron chi connectivity index (χ4n) is 2.52. The first-order valence-corrected chi connectivity index (χ1v) is 9.93. The number of carbonyl (C=O) groups excluding carboxylic acids is 1. The number of hydrogen-bond acceptors (Lipinski definition) is 8. The predicted octanol–water partition coefficient (Wildman–Crippen LogP) is 4.06. The molecule has 2 aromatic carbocycles. The molecule has 154 valence electrons. The molecular weight excluding hydrogens is 408 g/mol. The fourth-order valence-corrected chi connectivity index (χ4v) is 3.30. The van der Waals surface area contributed by atoms with Gasteiger partial charge in [-0.15, -0.1) is 11.8 Å². The lowest BCUT2D eigenvalue weighted by Crippen LogP contribution is -2.14. The molecule has 0 aliphatic rings. The SMILES string of the molecule is COc1ccc(CSCC(=O)Nc2cccc(Oc3cnccn3)c2)cc1[N+](=O)[O-]. The van der Waals surface area contributed by atoms with E-state index in [1.54, 1.807) is 42.6 Å². The molecule has 1 amide bonds. The Morgan fingerprint density at radius 1 is 1.23 bits per heavy atom. The van der Waals surface area contributed by atoms with Crippen LogP contribution in [0, 0.1) is 10.1 Å². The summed E-state index contributed by atoms with van der Waals surface area (Å²) in [5.41, 5.74) is 1.22. The number of aromatic nitrogens is 2. The van der Waals surface area contributed by atoms with E-state index in [1.165, 1.54) is 37.3 Å². The maximum Gasteiger partial charge on any atom is 0.311 e. The van der Waals surface area contributed by atoms with E-state index in [4.69, 9.17) is 9.47 Å². The zero-order valence-electron chi connectivity index (χ0n) is 16.0. The first kappa shape index (κ1) is 21.1. The van der Waals surface area contributed by atoms with Crippen LogP contribution in [0.4, 0.5) is 11.4 Å². The second kappa shape index (κ2) is 10.2. The van der Waals surface area contributed by atoms with Crippen LogP contribution in [-0.4, -0.2) is 33.7 Å². The highest BCUT2D eigenvalue weighted by Gasteiger charge is 2.15. The largest absolute Gasteiger partial charge is 0.490 e. The zero-order chi connectivity index (χ0) is 21.3. The van der Waals surface area contributed by atoms with Gasteiger partial charge in [0.05, 0.1) is 24.0 Å². The number of carbonyl (C=O) groups is 1. The van der Waals surface area contributed by atoms with Crippen molar-refractivity contribution in [2.45, 2.75) is 5.75 Å². The Bertz CT molecular complexity index is 1030. The van der Waals surface area contributed by atoms with Gasteiger partial charge in [-0.1, -0.05) is 12.1 Å². The highest BCUT2D eigenvalue weighted by molar-refractivity contribution is 7.99. The molecule has 10 heteroatoms. The number of nitrogens with one attached hydrogen (secondary N) is 1. The second-order valence-corrected chi connectivity index (χ2v) is 6.96. The number of nitro benzene ring substituents is 1. The minimum absolute atomic E-state index is 0.0972. The third-order valence-corrected chi connectivity index (χ3v) is 4.83. The number of hydrogen-bond donors (Lipinski definition) is 1. The molecule has 0 bridgehead atoms. The lowest BCUT2D eigenvalue weighted by atomic mass is 10.2. The zero-order valence-corrected chi connectivity index (χ0v) is 16.8. The Labute approximate surface area is 176 Å². The fraction of sp³-hybridized carbons (Fsp3) is 0.150. The summed E-state index contributed by atoms with van der Waals surface area (Å²) in [6.45, 7) is 0. The summed E-state index contributed by atoms with van der Waals surface area (Å²) in [5.74, 6) is 1.52. The molecule has 0 fully saturated rings. The number of ether oxygens (including phenoxy) is 2. The minimum Gasteiger partial charge on any atom is -0.490 e. The van der Waals surface area contributed by atoms with Crippen LogP contribution in [-0.2, 0) is 10.5 Å². The third kappa shape index (κ3) is 5.92. The molecule has 0 unspecified atom stereocenters. The molecular formula is C20H18N4O5S. The Morgan fingerprint density at radius 3 is 2.83 bits per heavy atom. The van der Waals surface area contributed by atoms with E-state index >= 15 is 0 Å². The molecule has 1 aromatic heterocycles. The van der Waals surface area contributed by atoms with Crippen LogP contribution >= 0.6 is 11.8 Å². The number of amides is 1. The summed E-state index contributed by atoms with van der Waals surface area (Å²) in [5, 5.41) is 13.9. The molecule has 1 N–H and O–H groups in total. The molecule has 3 rings (SSSR count). The molecule has 0 atom stereocenters. The number of rotatable bonds is 9. The van der Waals surface area contributed by atoms with Crippen molar-refractivity contribution in [1.29, 1.82) is 0 Å². The minimum atomic E-state index is -0.490. The van der Waals surface area contributed by atoms with Gasteiger partial charge in [-0.2, -0.15) is 0 Å². The van der Waals surface area contributed by atoms with E-state index < -0.39 is 4.92 Å². The van der Waals surface area contributed by atoms with E-state index in [9.17, 15) is 14.9 Å². The number of anilines is 1. The summed E-state index contributed by atoms with van der Waals surface area (Å²) in [7, 11) is 1.38. The topological polar surface area (TPSA) is 116 Å². The van der Waals surface area contributed by atoms with E-state index in [0.717, 1.165) is 5.56 Å². The van der Waals surface area contributed by atoms with E-state index in [-0.39, 0.29) is 23.1 Å². The molecule has 0 radical (unpaired) electrons. The second-order valence-electron chi connectivity index (χ2n) is 5.98. The van der Waals surface area contributed by atoms with Gasteiger partial charge in [-0.3, -0.25) is 19.9 Å². The lowest BCUT2D eigenvalue weighted by Gasteiger charge is -2.08. The van der Waals surface area contributed by atoms with Gasteiger partial charge in [0, 0.05) is 36.0 Å². The van der Waals surface area contributed by atoms with Crippen LogP contribution in [0.25, 0.3) is 0 Å². The number of thioether (sulfide) groups is 1. The Hall–Kier alpha value is -3.66. The van der Waals surface area contributed by atoms with E-state index in [1.807, 2.05) is 0 Å². The molecule has 1 heterocycles. The van der Waals surface area contributed by atoms with Gasteiger partial charge in [-0.25, -0.2) is 4.98 Å². The summed E-state index contributed by atoms with van der Waals surface area (Å²) in [6.07, 6.45) is 4.56. The van der Waals surface area contributed by atoms with Crippen molar-refractivity contribution >= 4 is 29.0 Å². The first-order chi connectivity index (χ1) is 14.5. The first-order valence-electron chi connectivity index (χ1n) is 8.78. The van der Waals surface area contributed by atoms with Crippen molar-refractivity contribution in [3.8, 4) is 17.4 Å². The van der Waals surface area contributed by atoms with Gasteiger partial charge >= 0.3 is 5.69 Å². The molecule has 3 aromatic rings. The maximum absolute atomic E-state index is 12.2. The summed E-state index contributed by atoms with van der Waals surface area (Å²) < 4.78 is 10.6. The Kier molecular flexibility index (Phi) is 7.17. The highest BCUT2D eigenvalue weighted by Crippen LogP contribution is 2.29. The van der Waals surface area contributed by atoms with Gasteiger partial charge in [0.2, 0.25) is 11.8 Å². The van der Waals surface area contributed by atoms with Crippen LogP contribution in [0.15, 0.2) is 61.1 Å². The van der Waals surface area contributed by atoms with Crippen molar-refractivity contribution in [3.63, 3.8) is 0 Å². The molecule has 0 aliphatic carbocycles. The maximum atomic E-state index is 12.2. The summed E-state index contributed by atoms with van der Waals surface area (Å²) in [4.78, 5) is 30.8. The normalized spacial score (nSPS) is 10.3. The molecule has 0 saturated heterocycles. The van der Waals surface area contributed by atoms with Gasteiger partial charge < -0.3 is 14.8 Å². The van der Waals surface area contributed by atoms with Gasteiger partial charge in [0.25, 0.3) is 0 Å². The average molecular weight is 426 g/mol. The Balaban J connectivity index is 1.52. The number of methoxy groups -OCH3 is 1. The van der Waals surface area contributed by atoms with Crippen LogP contribution in [0.1, 0.15) is 5.56 Å². The van der Waals surface area contributed by atoms with E-state index in [2.05, 4.69) is 15.3 Å². The van der Waals surface area contributed by atoms with Gasteiger partial charge in [-0.05, 0) is 23.8 Å². The third-order valence-electron chi connectivity index (χ3n) is 3.82.